The lowest BCUT2D eigenvalue weighted by atomic mass is 9.91. The third-order valence-corrected chi connectivity index (χ3v) is 7.47. The maximum atomic E-state index is 14.0. The van der Waals surface area contributed by atoms with Crippen LogP contribution in [0.15, 0.2) is 41.7 Å². The zero-order chi connectivity index (χ0) is 27.8. The van der Waals surface area contributed by atoms with Crippen LogP contribution in [0, 0.1) is 19.7 Å². The number of aromatic nitrogens is 3. The van der Waals surface area contributed by atoms with Gasteiger partial charge in [0, 0.05) is 53.3 Å². The van der Waals surface area contributed by atoms with Gasteiger partial charge in [0.25, 0.3) is 0 Å². The van der Waals surface area contributed by atoms with Gasteiger partial charge in [-0.15, -0.1) is 0 Å². The fourth-order valence-corrected chi connectivity index (χ4v) is 5.35. The highest BCUT2D eigenvalue weighted by Gasteiger charge is 2.23. The Morgan fingerprint density at radius 1 is 1.21 bits per heavy atom. The first kappa shape index (κ1) is 26.7. The monoisotopic (exact) mass is 551 g/mol. The standard InChI is InChI=1S/C28H31ClFN7O2/c1-14-8-25(39-3)34-15(2)26(14)16-9-23-27(35-18-6-4-17(31)5-7-18)19(12-33-37(23)13-16)28(32)36-22-11-21(30)24(38)10-20(22)29/h8-13,17-18,35,38H,4-7,31H2,1-3H3,(H2,32,36)/t17-,18-. The quantitative estimate of drug-likeness (QED) is 0.190. The zero-order valence-corrected chi connectivity index (χ0v) is 22.8. The van der Waals surface area contributed by atoms with Gasteiger partial charge in [-0.05, 0) is 51.2 Å². The number of phenolic OH excluding ortho intramolecular Hbond substituents is 1. The van der Waals surface area contributed by atoms with Crippen LogP contribution < -0.4 is 21.5 Å². The second-order valence-corrected chi connectivity index (χ2v) is 10.3. The van der Waals surface area contributed by atoms with Gasteiger partial charge in [0.15, 0.2) is 11.6 Å². The molecule has 0 bridgehead atoms. The lowest BCUT2D eigenvalue weighted by Gasteiger charge is -2.28. The van der Waals surface area contributed by atoms with Crippen molar-refractivity contribution in [3.05, 3.63) is 64.3 Å². The first-order valence-corrected chi connectivity index (χ1v) is 13.1. The van der Waals surface area contributed by atoms with Gasteiger partial charge in [-0.3, -0.25) is 0 Å². The number of nitrogens with two attached hydrogens (primary N) is 2. The van der Waals surface area contributed by atoms with Gasteiger partial charge in [0.2, 0.25) is 5.88 Å². The van der Waals surface area contributed by atoms with E-state index in [0.29, 0.717) is 11.4 Å². The number of pyridine rings is 1. The van der Waals surface area contributed by atoms with Crippen LogP contribution in [0.25, 0.3) is 16.6 Å². The summed E-state index contributed by atoms with van der Waals surface area (Å²) in [5.74, 6) is -0.735. The van der Waals surface area contributed by atoms with Crippen LogP contribution in [-0.2, 0) is 0 Å². The Morgan fingerprint density at radius 3 is 2.64 bits per heavy atom. The molecule has 5 rings (SSSR count). The molecule has 0 saturated heterocycles. The minimum Gasteiger partial charge on any atom is -0.505 e. The van der Waals surface area contributed by atoms with Crippen molar-refractivity contribution in [2.45, 2.75) is 51.6 Å². The summed E-state index contributed by atoms with van der Waals surface area (Å²) >= 11 is 6.21. The number of phenols is 1. The SMILES string of the molecule is COc1cc(C)c(-c2cc3c(N[C@H]4CC[C@H](N)CC4)c(C(N)=Nc4cc(F)c(O)cc4Cl)cnn3c2)c(C)n1. The first-order valence-electron chi connectivity index (χ1n) is 12.7. The van der Waals surface area contributed by atoms with Crippen molar-refractivity contribution >= 4 is 34.3 Å². The molecular formula is C28H31ClFN7O2. The molecule has 0 unspecified atom stereocenters. The van der Waals surface area contributed by atoms with Crippen LogP contribution in [-0.4, -0.2) is 44.7 Å². The Balaban J connectivity index is 1.64. The fourth-order valence-electron chi connectivity index (χ4n) is 5.15. The van der Waals surface area contributed by atoms with Crippen LogP contribution in [0.5, 0.6) is 11.6 Å². The summed E-state index contributed by atoms with van der Waals surface area (Å²) in [5, 5.41) is 18.0. The van der Waals surface area contributed by atoms with E-state index < -0.39 is 11.6 Å². The lowest BCUT2D eigenvalue weighted by molar-refractivity contribution is 0.396. The summed E-state index contributed by atoms with van der Waals surface area (Å²) in [7, 11) is 1.60. The fraction of sp³-hybridized carbons (Fsp3) is 0.321. The molecule has 0 amide bonds. The number of aromatic hydroxyl groups is 1. The zero-order valence-electron chi connectivity index (χ0n) is 22.0. The third kappa shape index (κ3) is 5.35. The summed E-state index contributed by atoms with van der Waals surface area (Å²) in [5.41, 5.74) is 18.6. The predicted molar refractivity (Wildman–Crippen MR) is 152 cm³/mol. The second kappa shape index (κ2) is 10.7. The number of hydrogen-bond acceptors (Lipinski definition) is 7. The number of ether oxygens (including phenoxy) is 1. The van der Waals surface area contributed by atoms with Crippen molar-refractivity contribution in [1.82, 2.24) is 14.6 Å². The van der Waals surface area contributed by atoms with Gasteiger partial charge in [-0.25, -0.2) is 18.9 Å². The van der Waals surface area contributed by atoms with Crippen molar-refractivity contribution < 1.29 is 14.2 Å². The minimum atomic E-state index is -0.841. The molecule has 9 nitrogen and oxygen atoms in total. The van der Waals surface area contributed by atoms with Gasteiger partial charge in [0.05, 0.1) is 40.8 Å². The molecule has 4 aromatic rings. The average Bonchev–Trinajstić information content (AvgIpc) is 3.32. The van der Waals surface area contributed by atoms with Crippen LogP contribution in [0.2, 0.25) is 5.02 Å². The molecule has 0 radical (unpaired) electrons. The number of hydrogen-bond donors (Lipinski definition) is 4. The topological polar surface area (TPSA) is 136 Å². The van der Waals surface area contributed by atoms with E-state index in [1.807, 2.05) is 32.2 Å². The van der Waals surface area contributed by atoms with Gasteiger partial charge >= 0.3 is 0 Å². The van der Waals surface area contributed by atoms with Crippen molar-refractivity contribution in [3.8, 4) is 22.8 Å². The highest BCUT2D eigenvalue weighted by molar-refractivity contribution is 6.33. The van der Waals surface area contributed by atoms with Crippen molar-refractivity contribution in [2.75, 3.05) is 12.4 Å². The number of methoxy groups -OCH3 is 1. The van der Waals surface area contributed by atoms with E-state index in [4.69, 9.17) is 27.8 Å². The molecule has 1 aliphatic carbocycles. The predicted octanol–water partition coefficient (Wildman–Crippen LogP) is 5.24. The highest BCUT2D eigenvalue weighted by Crippen LogP contribution is 2.35. The molecule has 1 saturated carbocycles. The number of nitrogens with zero attached hydrogens (tertiary/aromatic N) is 4. The third-order valence-electron chi connectivity index (χ3n) is 7.16. The van der Waals surface area contributed by atoms with Gasteiger partial charge < -0.3 is 26.6 Å². The maximum Gasteiger partial charge on any atom is 0.213 e. The van der Waals surface area contributed by atoms with E-state index in [0.717, 1.165) is 71.4 Å². The van der Waals surface area contributed by atoms with Crippen molar-refractivity contribution in [3.63, 3.8) is 0 Å². The summed E-state index contributed by atoms with van der Waals surface area (Å²) in [6.07, 6.45) is 7.24. The molecule has 6 N–H and O–H groups in total. The van der Waals surface area contributed by atoms with E-state index in [2.05, 4.69) is 20.4 Å². The molecule has 204 valence electrons. The summed E-state index contributed by atoms with van der Waals surface area (Å²) in [6.45, 7) is 3.96. The molecule has 0 aliphatic heterocycles. The largest absolute Gasteiger partial charge is 0.505 e. The number of halogens is 2. The number of benzene rings is 1. The van der Waals surface area contributed by atoms with Crippen LogP contribution in [0.1, 0.15) is 42.5 Å². The second-order valence-electron chi connectivity index (χ2n) is 9.94. The molecule has 3 heterocycles. The van der Waals surface area contributed by atoms with E-state index in [1.54, 1.807) is 17.8 Å². The van der Waals surface area contributed by atoms with Crippen LogP contribution >= 0.6 is 11.6 Å². The molecule has 0 atom stereocenters. The minimum absolute atomic E-state index is 0.0737. The molecule has 0 spiro atoms. The summed E-state index contributed by atoms with van der Waals surface area (Å²) < 4.78 is 21.2. The van der Waals surface area contributed by atoms with Crippen molar-refractivity contribution in [2.24, 2.45) is 16.5 Å². The Bertz CT molecular complexity index is 1560. The number of amidine groups is 1. The number of aliphatic imine (C=N–C) groups is 1. The molecule has 3 aromatic heterocycles. The summed E-state index contributed by atoms with van der Waals surface area (Å²) in [6, 6.07) is 6.47. The molecule has 1 fully saturated rings. The van der Waals surface area contributed by atoms with Gasteiger partial charge in [0.1, 0.15) is 5.84 Å². The van der Waals surface area contributed by atoms with Gasteiger partial charge in [-0.2, -0.15) is 5.10 Å². The first-order chi connectivity index (χ1) is 18.6. The molecule has 1 aliphatic rings. The normalized spacial score (nSPS) is 17.9. The van der Waals surface area contributed by atoms with E-state index >= 15 is 0 Å². The van der Waals surface area contributed by atoms with E-state index in [-0.39, 0.29) is 28.6 Å². The highest BCUT2D eigenvalue weighted by atomic mass is 35.5. The Hall–Kier alpha value is -3.89. The van der Waals surface area contributed by atoms with E-state index in [9.17, 15) is 9.50 Å². The number of aryl methyl sites for hydroxylation is 2. The number of nitrogens with one attached hydrogen (secondary N) is 1. The van der Waals surface area contributed by atoms with Gasteiger partial charge in [-0.1, -0.05) is 11.6 Å². The molecule has 11 heteroatoms. The number of rotatable bonds is 6. The van der Waals surface area contributed by atoms with Crippen LogP contribution in [0.4, 0.5) is 15.8 Å². The van der Waals surface area contributed by atoms with E-state index in [1.165, 1.54) is 0 Å². The number of fused-ring (bicyclic) bond motifs is 1. The Kier molecular flexibility index (Phi) is 7.33. The summed E-state index contributed by atoms with van der Waals surface area (Å²) in [4.78, 5) is 8.95. The average molecular weight is 552 g/mol. The van der Waals surface area contributed by atoms with Crippen molar-refractivity contribution in [1.29, 1.82) is 0 Å². The molecular weight excluding hydrogens is 521 g/mol. The van der Waals surface area contributed by atoms with Crippen LogP contribution in [0.3, 0.4) is 0 Å². The maximum absolute atomic E-state index is 14.0. The Labute approximate surface area is 230 Å². The number of anilines is 1. The molecule has 1 aromatic carbocycles. The molecule has 39 heavy (non-hydrogen) atoms. The smallest absolute Gasteiger partial charge is 0.213 e. The Morgan fingerprint density at radius 2 is 1.95 bits per heavy atom. The lowest BCUT2D eigenvalue weighted by Crippen LogP contribution is -2.33.